The van der Waals surface area contributed by atoms with Crippen molar-refractivity contribution in [3.8, 4) is 0 Å². The van der Waals surface area contributed by atoms with Crippen molar-refractivity contribution in [3.05, 3.63) is 33.0 Å². The summed E-state index contributed by atoms with van der Waals surface area (Å²) in [5.41, 5.74) is 3.33. The van der Waals surface area contributed by atoms with Gasteiger partial charge in [-0.3, -0.25) is 0 Å². The average molecular weight is 272 g/mol. The summed E-state index contributed by atoms with van der Waals surface area (Å²) in [4.78, 5) is 0. The van der Waals surface area contributed by atoms with Gasteiger partial charge in [0.2, 0.25) is 0 Å². The van der Waals surface area contributed by atoms with E-state index < -0.39 is 0 Å². The van der Waals surface area contributed by atoms with Crippen LogP contribution in [0.2, 0.25) is 0 Å². The van der Waals surface area contributed by atoms with E-state index in [-0.39, 0.29) is 5.82 Å². The highest BCUT2D eigenvalue weighted by Gasteiger charge is 2.23. The van der Waals surface area contributed by atoms with E-state index >= 15 is 0 Å². The van der Waals surface area contributed by atoms with Gasteiger partial charge in [-0.1, -0.05) is 0 Å². The van der Waals surface area contributed by atoms with Crippen LogP contribution in [0.5, 0.6) is 0 Å². The van der Waals surface area contributed by atoms with E-state index in [2.05, 4.69) is 28.2 Å². The fourth-order valence-corrected chi connectivity index (χ4v) is 2.90. The molecule has 0 aromatic heterocycles. The first kappa shape index (κ1) is 11.1. The lowest BCUT2D eigenvalue weighted by Gasteiger charge is -2.18. The zero-order chi connectivity index (χ0) is 11.0. The smallest absolute Gasteiger partial charge is 0.137 e. The van der Waals surface area contributed by atoms with Crippen molar-refractivity contribution < 1.29 is 4.39 Å². The molecule has 1 aromatic carbocycles. The van der Waals surface area contributed by atoms with Crippen LogP contribution in [-0.4, -0.2) is 6.54 Å². The second-order valence-corrected chi connectivity index (χ2v) is 4.97. The monoisotopic (exact) mass is 271 g/mol. The van der Waals surface area contributed by atoms with Gasteiger partial charge < -0.3 is 5.32 Å². The van der Waals surface area contributed by atoms with Gasteiger partial charge in [0.25, 0.3) is 0 Å². The summed E-state index contributed by atoms with van der Waals surface area (Å²) in [6.45, 7) is 5.06. The Hall–Kier alpha value is -0.410. The molecule has 0 amide bonds. The van der Waals surface area contributed by atoms with Gasteiger partial charge >= 0.3 is 0 Å². The van der Waals surface area contributed by atoms with E-state index in [4.69, 9.17) is 0 Å². The highest BCUT2D eigenvalue weighted by Crippen LogP contribution is 2.35. The standard InChI is InChI=1S/C12H15BrFN/c1-7-6-9(14)12(13)11(8(7)2)10-4-3-5-15-10/h6,10,15H,3-5H2,1-2H3. The van der Waals surface area contributed by atoms with Crippen LogP contribution in [0.1, 0.15) is 35.6 Å². The maximum absolute atomic E-state index is 13.6. The van der Waals surface area contributed by atoms with Crippen molar-refractivity contribution in [2.75, 3.05) is 6.54 Å². The van der Waals surface area contributed by atoms with Gasteiger partial charge in [-0.15, -0.1) is 0 Å². The maximum Gasteiger partial charge on any atom is 0.137 e. The fraction of sp³-hybridized carbons (Fsp3) is 0.500. The van der Waals surface area contributed by atoms with Gasteiger partial charge in [-0.2, -0.15) is 0 Å². The lowest BCUT2D eigenvalue weighted by atomic mass is 9.96. The molecule has 1 aliphatic rings. The molecule has 3 heteroatoms. The third-order valence-corrected chi connectivity index (χ3v) is 4.00. The molecule has 0 aliphatic carbocycles. The lowest BCUT2D eigenvalue weighted by Crippen LogP contribution is -2.15. The minimum absolute atomic E-state index is 0.151. The molecule has 1 nitrogen and oxygen atoms in total. The lowest BCUT2D eigenvalue weighted by molar-refractivity contribution is 0.593. The van der Waals surface area contributed by atoms with Crippen molar-refractivity contribution in [2.45, 2.75) is 32.7 Å². The van der Waals surface area contributed by atoms with E-state index in [9.17, 15) is 4.39 Å². The highest BCUT2D eigenvalue weighted by atomic mass is 79.9. The Morgan fingerprint density at radius 1 is 1.47 bits per heavy atom. The Morgan fingerprint density at radius 2 is 2.20 bits per heavy atom. The third kappa shape index (κ3) is 1.95. The zero-order valence-corrected chi connectivity index (χ0v) is 10.6. The molecule has 1 fully saturated rings. The molecule has 1 N–H and O–H groups in total. The summed E-state index contributed by atoms with van der Waals surface area (Å²) in [5, 5.41) is 3.41. The molecule has 1 unspecified atom stereocenters. The summed E-state index contributed by atoms with van der Waals surface area (Å²) in [6, 6.07) is 1.91. The number of aryl methyl sites for hydroxylation is 1. The van der Waals surface area contributed by atoms with E-state index in [1.165, 1.54) is 12.0 Å². The van der Waals surface area contributed by atoms with Gasteiger partial charge in [0.1, 0.15) is 5.82 Å². The largest absolute Gasteiger partial charge is 0.310 e. The normalized spacial score (nSPS) is 20.9. The van der Waals surface area contributed by atoms with Crippen molar-refractivity contribution >= 4 is 15.9 Å². The fourth-order valence-electron chi connectivity index (χ4n) is 2.21. The molecule has 1 aromatic rings. The van der Waals surface area contributed by atoms with Crippen LogP contribution in [0.25, 0.3) is 0 Å². The third-order valence-electron chi connectivity index (χ3n) is 3.19. The molecule has 2 rings (SSSR count). The summed E-state index contributed by atoms with van der Waals surface area (Å²) >= 11 is 3.36. The van der Waals surface area contributed by atoms with E-state index in [1.807, 2.05) is 6.92 Å². The Bertz CT molecular complexity index is 357. The molecule has 0 saturated carbocycles. The molecule has 0 bridgehead atoms. The molecule has 1 heterocycles. The topological polar surface area (TPSA) is 12.0 Å². The first-order chi connectivity index (χ1) is 7.11. The quantitative estimate of drug-likeness (QED) is 0.823. The van der Waals surface area contributed by atoms with Crippen LogP contribution in [0.4, 0.5) is 4.39 Å². The van der Waals surface area contributed by atoms with Gasteiger partial charge in [-0.05, 0) is 71.9 Å². The predicted molar refractivity (Wildman–Crippen MR) is 63.6 cm³/mol. The van der Waals surface area contributed by atoms with Gasteiger partial charge in [0.15, 0.2) is 0 Å². The second-order valence-electron chi connectivity index (χ2n) is 4.18. The number of nitrogens with one attached hydrogen (secondary N) is 1. The van der Waals surface area contributed by atoms with Gasteiger partial charge in [0.05, 0.1) is 4.47 Å². The van der Waals surface area contributed by atoms with Gasteiger partial charge in [-0.25, -0.2) is 4.39 Å². The van der Waals surface area contributed by atoms with Crippen LogP contribution >= 0.6 is 15.9 Å². The zero-order valence-electron chi connectivity index (χ0n) is 9.03. The molecule has 0 radical (unpaired) electrons. The molecule has 82 valence electrons. The van der Waals surface area contributed by atoms with E-state index in [0.29, 0.717) is 10.5 Å². The number of halogens is 2. The van der Waals surface area contributed by atoms with Gasteiger partial charge in [0, 0.05) is 6.04 Å². The summed E-state index contributed by atoms with van der Waals surface area (Å²) in [7, 11) is 0. The SMILES string of the molecule is Cc1cc(F)c(Br)c(C2CCCN2)c1C. The van der Waals surface area contributed by atoms with Crippen LogP contribution in [0.3, 0.4) is 0 Å². The summed E-state index contributed by atoms with van der Waals surface area (Å²) < 4.78 is 14.2. The van der Waals surface area contributed by atoms with Crippen molar-refractivity contribution in [3.63, 3.8) is 0 Å². The van der Waals surface area contributed by atoms with E-state index in [0.717, 1.165) is 24.1 Å². The predicted octanol–water partition coefficient (Wildman–Crippen LogP) is 3.63. The number of rotatable bonds is 1. The van der Waals surface area contributed by atoms with Crippen molar-refractivity contribution in [1.82, 2.24) is 5.32 Å². The first-order valence-electron chi connectivity index (χ1n) is 5.29. The minimum Gasteiger partial charge on any atom is -0.310 e. The summed E-state index contributed by atoms with van der Waals surface area (Å²) in [6.07, 6.45) is 2.27. The average Bonchev–Trinajstić information content (AvgIpc) is 2.69. The van der Waals surface area contributed by atoms with Crippen LogP contribution in [0, 0.1) is 19.7 Å². The molecule has 15 heavy (non-hydrogen) atoms. The Morgan fingerprint density at radius 3 is 2.80 bits per heavy atom. The van der Waals surface area contributed by atoms with Crippen LogP contribution in [-0.2, 0) is 0 Å². The minimum atomic E-state index is -0.151. The van der Waals surface area contributed by atoms with Crippen LogP contribution in [0.15, 0.2) is 10.5 Å². The van der Waals surface area contributed by atoms with E-state index in [1.54, 1.807) is 6.07 Å². The number of hydrogen-bond acceptors (Lipinski definition) is 1. The molecule has 1 aliphatic heterocycles. The van der Waals surface area contributed by atoms with Crippen molar-refractivity contribution in [1.29, 1.82) is 0 Å². The number of benzene rings is 1. The molecular weight excluding hydrogens is 257 g/mol. The molecular formula is C12H15BrFN. The Kier molecular flexibility index (Phi) is 3.12. The molecule has 1 atom stereocenters. The van der Waals surface area contributed by atoms with Crippen LogP contribution < -0.4 is 5.32 Å². The molecule has 1 saturated heterocycles. The van der Waals surface area contributed by atoms with Crippen molar-refractivity contribution in [2.24, 2.45) is 0 Å². The Balaban J connectivity index is 2.52. The maximum atomic E-state index is 13.6. The molecule has 0 spiro atoms. The number of hydrogen-bond donors (Lipinski definition) is 1. The summed E-state index contributed by atoms with van der Waals surface area (Å²) in [5.74, 6) is -0.151. The first-order valence-corrected chi connectivity index (χ1v) is 6.09. The highest BCUT2D eigenvalue weighted by molar-refractivity contribution is 9.10. The second kappa shape index (κ2) is 4.22. The Labute approximate surface area is 98.2 Å².